The highest BCUT2D eigenvalue weighted by Crippen LogP contribution is 2.17. The molecule has 1 aromatic heterocycles. The van der Waals surface area contributed by atoms with Gasteiger partial charge < -0.3 is 15.6 Å². The van der Waals surface area contributed by atoms with E-state index in [-0.39, 0.29) is 18.3 Å². The molecule has 0 aliphatic rings. The number of carbonyl (C=O) groups excluding carboxylic acids is 1. The van der Waals surface area contributed by atoms with Gasteiger partial charge in [0.05, 0.1) is 6.33 Å². The van der Waals surface area contributed by atoms with Gasteiger partial charge in [0.1, 0.15) is 11.5 Å². The smallest absolute Gasteiger partial charge is 0.271 e. The van der Waals surface area contributed by atoms with E-state index in [1.54, 1.807) is 23.2 Å². The topological polar surface area (TPSA) is 72.9 Å². The fourth-order valence-electron chi connectivity index (χ4n) is 1.69. The minimum absolute atomic E-state index is 0.223. The van der Waals surface area contributed by atoms with E-state index in [4.69, 9.17) is 5.73 Å². The van der Waals surface area contributed by atoms with Crippen LogP contribution in [0, 0.1) is 5.82 Å². The molecule has 7 heteroatoms. The number of nitrogens with two attached hydrogens (primary N) is 1. The van der Waals surface area contributed by atoms with Gasteiger partial charge >= 0.3 is 0 Å². The molecule has 0 spiro atoms. The molecule has 0 saturated carbocycles. The number of amides is 1. The number of rotatable bonds is 5. The van der Waals surface area contributed by atoms with Crippen molar-refractivity contribution in [2.75, 3.05) is 6.54 Å². The Labute approximate surface area is 124 Å². The maximum absolute atomic E-state index is 13.1. The van der Waals surface area contributed by atoms with Gasteiger partial charge in [-0.25, -0.2) is 9.37 Å². The van der Waals surface area contributed by atoms with Crippen molar-refractivity contribution >= 4 is 21.8 Å². The molecule has 1 amide bonds. The monoisotopic (exact) mass is 340 g/mol. The summed E-state index contributed by atoms with van der Waals surface area (Å²) in [6.45, 7) is 1.31. The van der Waals surface area contributed by atoms with Crippen LogP contribution in [-0.2, 0) is 13.1 Å². The van der Waals surface area contributed by atoms with Crippen LogP contribution in [0.25, 0.3) is 0 Å². The van der Waals surface area contributed by atoms with E-state index < -0.39 is 0 Å². The standard InChI is InChI=1S/C13H14BrFN4O/c14-11-2-1-10(15)5-9(11)6-17-13(20)12-7-19(4-3-16)8-18-12/h1-2,5,7-8H,3-4,6,16H2,(H,17,20). The molecule has 106 valence electrons. The minimum Gasteiger partial charge on any atom is -0.347 e. The normalized spacial score (nSPS) is 10.6. The number of nitrogens with one attached hydrogen (secondary N) is 1. The number of hydrogen-bond acceptors (Lipinski definition) is 3. The first-order chi connectivity index (χ1) is 9.60. The lowest BCUT2D eigenvalue weighted by Gasteiger charge is -2.06. The molecule has 0 atom stereocenters. The van der Waals surface area contributed by atoms with Crippen LogP contribution in [0.5, 0.6) is 0 Å². The third kappa shape index (κ3) is 3.64. The summed E-state index contributed by atoms with van der Waals surface area (Å²) in [6.07, 6.45) is 3.18. The van der Waals surface area contributed by atoms with Crippen molar-refractivity contribution in [3.63, 3.8) is 0 Å². The summed E-state index contributed by atoms with van der Waals surface area (Å²) in [4.78, 5) is 15.9. The number of aromatic nitrogens is 2. The molecule has 2 aromatic rings. The zero-order valence-electron chi connectivity index (χ0n) is 10.6. The van der Waals surface area contributed by atoms with Crippen LogP contribution in [0.3, 0.4) is 0 Å². The van der Waals surface area contributed by atoms with Gasteiger partial charge in [0.2, 0.25) is 0 Å². The summed E-state index contributed by atoms with van der Waals surface area (Å²) in [6, 6.07) is 4.33. The van der Waals surface area contributed by atoms with Crippen LogP contribution in [0.4, 0.5) is 4.39 Å². The molecule has 0 aliphatic heterocycles. The van der Waals surface area contributed by atoms with Crippen LogP contribution >= 0.6 is 15.9 Å². The van der Waals surface area contributed by atoms with Gasteiger partial charge in [-0.3, -0.25) is 4.79 Å². The molecule has 1 heterocycles. The Morgan fingerprint density at radius 2 is 2.30 bits per heavy atom. The molecule has 0 fully saturated rings. The van der Waals surface area contributed by atoms with Crippen molar-refractivity contribution in [1.82, 2.24) is 14.9 Å². The Morgan fingerprint density at radius 1 is 1.50 bits per heavy atom. The first-order valence-electron chi connectivity index (χ1n) is 6.04. The minimum atomic E-state index is -0.343. The van der Waals surface area contributed by atoms with Gasteiger partial charge in [-0.1, -0.05) is 15.9 Å². The second-order valence-electron chi connectivity index (χ2n) is 4.20. The average Bonchev–Trinajstić information content (AvgIpc) is 2.88. The molecular formula is C13H14BrFN4O. The quantitative estimate of drug-likeness (QED) is 0.869. The van der Waals surface area contributed by atoms with Crippen LogP contribution < -0.4 is 11.1 Å². The van der Waals surface area contributed by atoms with Gasteiger partial charge in [-0.05, 0) is 23.8 Å². The van der Waals surface area contributed by atoms with E-state index in [2.05, 4.69) is 26.2 Å². The van der Waals surface area contributed by atoms with Crippen molar-refractivity contribution in [3.8, 4) is 0 Å². The number of nitrogens with zero attached hydrogens (tertiary/aromatic N) is 2. The molecule has 0 unspecified atom stereocenters. The van der Waals surface area contributed by atoms with Gasteiger partial charge in [-0.15, -0.1) is 0 Å². The Balaban J connectivity index is 1.99. The summed E-state index contributed by atoms with van der Waals surface area (Å²) >= 11 is 3.31. The molecule has 0 aliphatic carbocycles. The van der Waals surface area contributed by atoms with Crippen molar-refractivity contribution in [2.45, 2.75) is 13.1 Å². The SMILES string of the molecule is NCCn1cnc(C(=O)NCc2cc(F)ccc2Br)c1. The van der Waals surface area contributed by atoms with E-state index in [1.165, 1.54) is 12.1 Å². The maximum atomic E-state index is 13.1. The molecular weight excluding hydrogens is 327 g/mol. The second kappa shape index (κ2) is 6.62. The molecule has 2 rings (SSSR count). The molecule has 5 nitrogen and oxygen atoms in total. The van der Waals surface area contributed by atoms with Crippen molar-refractivity contribution < 1.29 is 9.18 Å². The van der Waals surface area contributed by atoms with Crippen LogP contribution in [0.15, 0.2) is 35.2 Å². The number of imidazole rings is 1. The Kier molecular flexibility index (Phi) is 4.86. The van der Waals surface area contributed by atoms with Crippen molar-refractivity contribution in [3.05, 3.63) is 52.3 Å². The van der Waals surface area contributed by atoms with Crippen molar-refractivity contribution in [2.24, 2.45) is 5.73 Å². The summed E-state index contributed by atoms with van der Waals surface area (Å²) in [7, 11) is 0. The fourth-order valence-corrected chi connectivity index (χ4v) is 2.08. The molecule has 0 bridgehead atoms. The van der Waals surface area contributed by atoms with E-state index in [0.29, 0.717) is 24.3 Å². The van der Waals surface area contributed by atoms with Crippen LogP contribution in [0.1, 0.15) is 16.1 Å². The third-order valence-corrected chi connectivity index (χ3v) is 3.47. The van der Waals surface area contributed by atoms with Crippen molar-refractivity contribution in [1.29, 1.82) is 0 Å². The van der Waals surface area contributed by atoms with E-state index in [1.807, 2.05) is 0 Å². The van der Waals surface area contributed by atoms with Gasteiger partial charge in [-0.2, -0.15) is 0 Å². The second-order valence-corrected chi connectivity index (χ2v) is 5.06. The zero-order chi connectivity index (χ0) is 14.5. The number of hydrogen-bond donors (Lipinski definition) is 2. The lowest BCUT2D eigenvalue weighted by Crippen LogP contribution is -2.23. The Bertz CT molecular complexity index is 614. The van der Waals surface area contributed by atoms with Crippen LogP contribution in [0.2, 0.25) is 0 Å². The predicted octanol–water partition coefficient (Wildman–Crippen LogP) is 1.67. The van der Waals surface area contributed by atoms with Gasteiger partial charge in [0.15, 0.2) is 0 Å². The highest BCUT2D eigenvalue weighted by molar-refractivity contribution is 9.10. The lowest BCUT2D eigenvalue weighted by atomic mass is 10.2. The number of benzene rings is 1. The Hall–Kier alpha value is -1.73. The predicted molar refractivity (Wildman–Crippen MR) is 76.6 cm³/mol. The highest BCUT2D eigenvalue weighted by Gasteiger charge is 2.10. The number of halogens is 2. The highest BCUT2D eigenvalue weighted by atomic mass is 79.9. The molecule has 0 radical (unpaired) electrons. The zero-order valence-corrected chi connectivity index (χ0v) is 12.2. The summed E-state index contributed by atoms with van der Waals surface area (Å²) in [5.41, 5.74) is 6.40. The largest absolute Gasteiger partial charge is 0.347 e. The number of carbonyl (C=O) groups is 1. The van der Waals surface area contributed by atoms with Crippen LogP contribution in [-0.4, -0.2) is 22.0 Å². The molecule has 0 saturated heterocycles. The van der Waals surface area contributed by atoms with E-state index in [9.17, 15) is 9.18 Å². The fraction of sp³-hybridized carbons (Fsp3) is 0.231. The summed E-state index contributed by atoms with van der Waals surface area (Å²) in [5, 5.41) is 2.70. The first-order valence-corrected chi connectivity index (χ1v) is 6.83. The van der Waals surface area contributed by atoms with Gasteiger partial charge in [0, 0.05) is 30.3 Å². The maximum Gasteiger partial charge on any atom is 0.271 e. The Morgan fingerprint density at radius 3 is 3.05 bits per heavy atom. The average molecular weight is 341 g/mol. The summed E-state index contributed by atoms with van der Waals surface area (Å²) < 4.78 is 15.6. The summed E-state index contributed by atoms with van der Waals surface area (Å²) in [5.74, 6) is -0.651. The lowest BCUT2D eigenvalue weighted by molar-refractivity contribution is 0.0946. The van der Waals surface area contributed by atoms with Gasteiger partial charge in [0.25, 0.3) is 5.91 Å². The first kappa shape index (κ1) is 14.7. The molecule has 20 heavy (non-hydrogen) atoms. The third-order valence-electron chi connectivity index (χ3n) is 2.70. The molecule has 1 aromatic carbocycles. The van der Waals surface area contributed by atoms with E-state index >= 15 is 0 Å². The molecule has 3 N–H and O–H groups in total. The van der Waals surface area contributed by atoms with E-state index in [0.717, 1.165) is 4.47 Å².